The minimum absolute atomic E-state index is 0.00982. The molecule has 1 amide bonds. The molecule has 1 atom stereocenters. The van der Waals surface area contributed by atoms with E-state index in [-0.39, 0.29) is 23.0 Å². The van der Waals surface area contributed by atoms with E-state index in [0.717, 1.165) is 52.7 Å². The Hall–Kier alpha value is -4.78. The molecular weight excluding hydrogens is 669 g/mol. The highest BCUT2D eigenvalue weighted by atomic mass is 16.5. The Labute approximate surface area is 323 Å². The summed E-state index contributed by atoms with van der Waals surface area (Å²) in [6.45, 7) is 19.9. The van der Waals surface area contributed by atoms with Gasteiger partial charge in [-0.2, -0.15) is 0 Å². The predicted octanol–water partition coefficient (Wildman–Crippen LogP) is 11.0. The van der Waals surface area contributed by atoms with Crippen molar-refractivity contribution in [1.29, 1.82) is 0 Å². The van der Waals surface area contributed by atoms with Crippen LogP contribution in [0.2, 0.25) is 0 Å². The average Bonchev–Trinajstić information content (AvgIpc) is 3.14. The summed E-state index contributed by atoms with van der Waals surface area (Å²) in [6.07, 6.45) is 12.9. The lowest BCUT2D eigenvalue weighted by molar-refractivity contribution is 0.0485. The second kappa shape index (κ2) is 18.5. The molecule has 1 aliphatic rings. The smallest absolute Gasteiger partial charge is 0.251 e. The Morgan fingerprint density at radius 2 is 1.48 bits per heavy atom. The van der Waals surface area contributed by atoms with E-state index in [4.69, 9.17) is 24.4 Å². The predicted molar refractivity (Wildman–Crippen MR) is 222 cm³/mol. The van der Waals surface area contributed by atoms with E-state index in [9.17, 15) is 4.79 Å². The molecule has 0 radical (unpaired) electrons. The van der Waals surface area contributed by atoms with Gasteiger partial charge in [0.25, 0.3) is 5.91 Å². The fourth-order valence-electron chi connectivity index (χ4n) is 6.83. The zero-order valence-corrected chi connectivity index (χ0v) is 33.6. The van der Waals surface area contributed by atoms with Gasteiger partial charge in [0.05, 0.1) is 18.4 Å². The molecular formula is C47H60N4O3. The molecule has 1 aliphatic carbocycles. The summed E-state index contributed by atoms with van der Waals surface area (Å²) >= 11 is 0. The second-order valence-electron chi connectivity index (χ2n) is 16.7. The Morgan fingerprint density at radius 1 is 0.852 bits per heavy atom. The molecule has 3 aromatic carbocycles. The van der Waals surface area contributed by atoms with Gasteiger partial charge >= 0.3 is 0 Å². The molecule has 4 aromatic rings. The second-order valence-corrected chi connectivity index (χ2v) is 16.7. The van der Waals surface area contributed by atoms with E-state index in [1.165, 1.54) is 37.7 Å². The quantitative estimate of drug-likeness (QED) is 0.0973. The number of ether oxygens (including phenoxy) is 2. The molecule has 5 rings (SSSR count). The van der Waals surface area contributed by atoms with Gasteiger partial charge in [0, 0.05) is 47.8 Å². The maximum atomic E-state index is 13.5. The molecule has 0 bridgehead atoms. The Kier molecular flexibility index (Phi) is 13.8. The third-order valence-corrected chi connectivity index (χ3v) is 10.0. The molecule has 1 unspecified atom stereocenters. The summed E-state index contributed by atoms with van der Waals surface area (Å²) < 4.78 is 11.9. The van der Waals surface area contributed by atoms with Crippen molar-refractivity contribution in [1.82, 2.24) is 15.3 Å². The van der Waals surface area contributed by atoms with Crippen LogP contribution in [0.5, 0.6) is 5.75 Å². The third-order valence-electron chi connectivity index (χ3n) is 10.0. The van der Waals surface area contributed by atoms with Crippen LogP contribution in [0.25, 0.3) is 22.5 Å². The van der Waals surface area contributed by atoms with Gasteiger partial charge in [0.2, 0.25) is 0 Å². The molecule has 0 spiro atoms. The van der Waals surface area contributed by atoms with Crippen LogP contribution < -0.4 is 10.1 Å². The van der Waals surface area contributed by atoms with Gasteiger partial charge in [-0.3, -0.25) is 9.79 Å². The van der Waals surface area contributed by atoms with Crippen molar-refractivity contribution in [2.75, 3.05) is 13.2 Å². The van der Waals surface area contributed by atoms with Gasteiger partial charge in [-0.25, -0.2) is 9.97 Å². The maximum Gasteiger partial charge on any atom is 0.251 e. The number of rotatable bonds is 15. The first-order chi connectivity index (χ1) is 25.7. The van der Waals surface area contributed by atoms with Crippen LogP contribution >= 0.6 is 0 Å². The standard InChI is InChI=1S/C47H60N4O3/c1-33(54-47(6,7)8)26-28-48-34(2)43(51-45(52)39-18-22-41(23-19-39)46(3,4)5)30-36-14-16-38(17-15-36)44-49-31-40(32-50-44)37-20-24-42(25-21-37)53-29-27-35-12-10-9-11-13-35/h14-25,31-32,35,43H,1,9-13,26-30H2,2-8H3,(H,51,52). The maximum absolute atomic E-state index is 13.5. The van der Waals surface area contributed by atoms with Crippen molar-refractivity contribution in [2.24, 2.45) is 10.9 Å². The van der Waals surface area contributed by atoms with Crippen LogP contribution in [-0.4, -0.2) is 46.4 Å². The number of aliphatic imine (C=N–C) groups is 1. The fraction of sp³-hybridized carbons (Fsp3) is 0.447. The van der Waals surface area contributed by atoms with Crippen molar-refractivity contribution in [2.45, 2.75) is 117 Å². The molecule has 1 saturated carbocycles. The molecule has 54 heavy (non-hydrogen) atoms. The number of hydrogen-bond donors (Lipinski definition) is 1. The minimum Gasteiger partial charge on any atom is -0.494 e. The molecule has 1 heterocycles. The summed E-state index contributed by atoms with van der Waals surface area (Å²) in [5.41, 5.74) is 6.37. The molecule has 7 nitrogen and oxygen atoms in total. The lowest BCUT2D eigenvalue weighted by Gasteiger charge is -2.23. The number of benzene rings is 3. The highest BCUT2D eigenvalue weighted by molar-refractivity contribution is 5.98. The number of hydrogen-bond acceptors (Lipinski definition) is 6. The first kappa shape index (κ1) is 40.4. The molecule has 7 heteroatoms. The average molecular weight is 729 g/mol. The van der Waals surface area contributed by atoms with Crippen LogP contribution in [0.3, 0.4) is 0 Å². The highest BCUT2D eigenvalue weighted by Crippen LogP contribution is 2.28. The third kappa shape index (κ3) is 12.4. The van der Waals surface area contributed by atoms with Crippen molar-refractivity contribution < 1.29 is 14.3 Å². The molecule has 1 N–H and O–H groups in total. The van der Waals surface area contributed by atoms with Gasteiger partial charge in [-0.15, -0.1) is 0 Å². The van der Waals surface area contributed by atoms with Crippen molar-refractivity contribution in [3.63, 3.8) is 0 Å². The number of amides is 1. The van der Waals surface area contributed by atoms with Crippen LogP contribution in [0.15, 0.2) is 103 Å². The van der Waals surface area contributed by atoms with Gasteiger partial charge < -0.3 is 14.8 Å². The normalized spacial score (nSPS) is 14.7. The molecule has 0 aliphatic heterocycles. The van der Waals surface area contributed by atoms with E-state index in [1.807, 2.05) is 88.6 Å². The van der Waals surface area contributed by atoms with E-state index in [1.54, 1.807) is 0 Å². The summed E-state index contributed by atoms with van der Waals surface area (Å²) in [5.74, 6) is 2.95. The fourth-order valence-corrected chi connectivity index (χ4v) is 6.83. The van der Waals surface area contributed by atoms with Crippen molar-refractivity contribution in [3.05, 3.63) is 114 Å². The Morgan fingerprint density at radius 3 is 2.09 bits per heavy atom. The minimum atomic E-state index is -0.302. The van der Waals surface area contributed by atoms with Crippen molar-refractivity contribution in [3.8, 4) is 28.3 Å². The zero-order valence-electron chi connectivity index (χ0n) is 33.6. The van der Waals surface area contributed by atoms with Gasteiger partial charge in [0.15, 0.2) is 5.82 Å². The van der Waals surface area contributed by atoms with Crippen LogP contribution in [0, 0.1) is 5.92 Å². The van der Waals surface area contributed by atoms with Crippen LogP contribution in [0.4, 0.5) is 0 Å². The van der Waals surface area contributed by atoms with E-state index in [0.29, 0.717) is 36.5 Å². The van der Waals surface area contributed by atoms with Crippen molar-refractivity contribution >= 4 is 11.6 Å². The topological polar surface area (TPSA) is 85.7 Å². The number of nitrogens with one attached hydrogen (secondary N) is 1. The SMILES string of the molecule is C=C(CCN=C(C)C(Cc1ccc(-c2ncc(-c3ccc(OCCC4CCCCC4)cc3)cn2)cc1)NC(=O)c1ccc(C(C)(C)C)cc1)OC(C)(C)C. The Bertz CT molecular complexity index is 1830. The van der Waals surface area contributed by atoms with Crippen LogP contribution in [-0.2, 0) is 16.6 Å². The lowest BCUT2D eigenvalue weighted by atomic mass is 9.86. The summed E-state index contributed by atoms with van der Waals surface area (Å²) in [7, 11) is 0. The number of nitrogens with zero attached hydrogens (tertiary/aromatic N) is 3. The molecule has 286 valence electrons. The number of aromatic nitrogens is 2. The number of carbonyl (C=O) groups is 1. The highest BCUT2D eigenvalue weighted by Gasteiger charge is 2.20. The molecule has 1 fully saturated rings. The zero-order chi connectivity index (χ0) is 38.7. The largest absolute Gasteiger partial charge is 0.494 e. The van der Waals surface area contributed by atoms with Gasteiger partial charge in [-0.05, 0) is 92.8 Å². The van der Waals surface area contributed by atoms with E-state index < -0.39 is 0 Å². The van der Waals surface area contributed by atoms with Crippen LogP contribution in [0.1, 0.15) is 115 Å². The van der Waals surface area contributed by atoms with Gasteiger partial charge in [-0.1, -0.05) is 108 Å². The monoisotopic (exact) mass is 728 g/mol. The first-order valence-electron chi connectivity index (χ1n) is 19.7. The first-order valence-corrected chi connectivity index (χ1v) is 19.7. The summed E-state index contributed by atoms with van der Waals surface area (Å²) in [5, 5.41) is 3.26. The molecule has 1 aromatic heterocycles. The summed E-state index contributed by atoms with van der Waals surface area (Å²) in [6, 6.07) is 24.0. The van der Waals surface area contributed by atoms with Gasteiger partial charge in [0.1, 0.15) is 11.4 Å². The summed E-state index contributed by atoms with van der Waals surface area (Å²) in [4.78, 5) is 27.8. The Balaban J connectivity index is 1.22. The lowest BCUT2D eigenvalue weighted by Crippen LogP contribution is -2.41. The van der Waals surface area contributed by atoms with E-state index in [2.05, 4.69) is 56.9 Å². The number of carbonyl (C=O) groups excluding carboxylic acids is 1. The van der Waals surface area contributed by atoms with E-state index >= 15 is 0 Å². The molecule has 0 saturated heterocycles.